The summed E-state index contributed by atoms with van der Waals surface area (Å²) < 4.78 is 0. The lowest BCUT2D eigenvalue weighted by atomic mass is 9.86. The molecule has 0 bridgehead atoms. The van der Waals surface area contributed by atoms with E-state index in [-0.39, 0.29) is 16.6 Å². The van der Waals surface area contributed by atoms with E-state index in [2.05, 4.69) is 192 Å². The first-order valence-electron chi connectivity index (χ1n) is 19.0. The molecule has 0 radical (unpaired) electrons. The van der Waals surface area contributed by atoms with E-state index < -0.39 is 0 Å². The van der Waals surface area contributed by atoms with Crippen LogP contribution in [0.3, 0.4) is 0 Å². The van der Waals surface area contributed by atoms with Gasteiger partial charge in [0, 0.05) is 22.1 Å². The smallest absolute Gasteiger partial charge is 0.116 e. The number of phenols is 1. The molecule has 0 aromatic heterocycles. The molecule has 54 heavy (non-hydrogen) atoms. The van der Waals surface area contributed by atoms with Crippen LogP contribution in [0.4, 0.5) is 17.1 Å². The first-order valence-corrected chi connectivity index (χ1v) is 19.0. The van der Waals surface area contributed by atoms with E-state index in [0.717, 1.165) is 27.5 Å². The predicted octanol–water partition coefficient (Wildman–Crippen LogP) is 14.9. The molecule has 0 saturated heterocycles. The average molecular weight is 700 g/mol. The van der Waals surface area contributed by atoms with Crippen molar-refractivity contribution in [3.8, 4) is 16.9 Å². The van der Waals surface area contributed by atoms with Crippen LogP contribution < -0.4 is 4.90 Å². The van der Waals surface area contributed by atoms with Crippen molar-refractivity contribution in [3.05, 3.63) is 169 Å². The zero-order valence-corrected chi connectivity index (χ0v) is 31.9. The standard InChI is InChI=1S/C52H45NO/c1-51(2,3)34-20-24-36(25-21-34)53(37-26-22-35(23-27-37)52(4,5)6)50-45-17-11-9-15-43(45)49(44-16-10-12-18-46(44)50)33-19-29-41-42-30-28-38(54)32-48(42)40-14-8-7-13-39(40)47(41)31-33/h7-32,54H,1-6H3. The van der Waals surface area contributed by atoms with Gasteiger partial charge in [0.15, 0.2) is 0 Å². The summed E-state index contributed by atoms with van der Waals surface area (Å²) in [7, 11) is 0. The SMILES string of the molecule is CC(C)(C)c1ccc(N(c2ccc(C(C)(C)C)cc2)c2c3ccccc3c(-c3ccc4c5ccc(O)cc5c5ccccc5c4c3)c3ccccc23)cc1. The third-order valence-electron chi connectivity index (χ3n) is 11.2. The number of hydrogen-bond donors (Lipinski definition) is 1. The Balaban J connectivity index is 1.34. The Morgan fingerprint density at radius 1 is 0.370 bits per heavy atom. The average Bonchev–Trinajstić information content (AvgIpc) is 3.17. The third kappa shape index (κ3) is 5.56. The van der Waals surface area contributed by atoms with Gasteiger partial charge in [-0.2, -0.15) is 0 Å². The van der Waals surface area contributed by atoms with Crippen LogP contribution in [0, 0.1) is 0 Å². The molecule has 0 amide bonds. The van der Waals surface area contributed by atoms with Crippen molar-refractivity contribution in [1.82, 2.24) is 0 Å². The Kier molecular flexibility index (Phi) is 7.80. The second-order valence-corrected chi connectivity index (χ2v) is 16.8. The van der Waals surface area contributed by atoms with E-state index in [1.807, 2.05) is 6.07 Å². The molecule has 9 aromatic carbocycles. The van der Waals surface area contributed by atoms with Crippen molar-refractivity contribution in [1.29, 1.82) is 0 Å². The van der Waals surface area contributed by atoms with Gasteiger partial charge in [-0.15, -0.1) is 0 Å². The predicted molar refractivity (Wildman–Crippen MR) is 233 cm³/mol. The van der Waals surface area contributed by atoms with E-state index in [0.29, 0.717) is 0 Å². The van der Waals surface area contributed by atoms with Crippen LogP contribution in [-0.4, -0.2) is 5.11 Å². The molecule has 0 aliphatic carbocycles. The van der Waals surface area contributed by atoms with Gasteiger partial charge in [0.1, 0.15) is 5.75 Å². The highest BCUT2D eigenvalue weighted by molar-refractivity contribution is 6.27. The number of nitrogens with zero attached hydrogens (tertiary/aromatic N) is 1. The van der Waals surface area contributed by atoms with Crippen LogP contribution in [0.1, 0.15) is 52.7 Å². The van der Waals surface area contributed by atoms with Gasteiger partial charge in [0.25, 0.3) is 0 Å². The van der Waals surface area contributed by atoms with Crippen molar-refractivity contribution >= 4 is 70.9 Å². The third-order valence-corrected chi connectivity index (χ3v) is 11.2. The molecule has 9 rings (SSSR count). The molecule has 0 aliphatic heterocycles. The lowest BCUT2D eigenvalue weighted by Crippen LogP contribution is -2.15. The van der Waals surface area contributed by atoms with Crippen LogP contribution in [0.25, 0.3) is 65.0 Å². The highest BCUT2D eigenvalue weighted by Gasteiger charge is 2.24. The minimum absolute atomic E-state index is 0.0536. The van der Waals surface area contributed by atoms with Crippen LogP contribution in [0.2, 0.25) is 0 Å². The fourth-order valence-corrected chi connectivity index (χ4v) is 8.39. The number of aromatic hydroxyl groups is 1. The topological polar surface area (TPSA) is 23.5 Å². The Labute approximate surface area is 317 Å². The number of anilines is 3. The fourth-order valence-electron chi connectivity index (χ4n) is 8.39. The Morgan fingerprint density at radius 2 is 0.759 bits per heavy atom. The van der Waals surface area contributed by atoms with Gasteiger partial charge >= 0.3 is 0 Å². The van der Waals surface area contributed by atoms with E-state index >= 15 is 0 Å². The molecule has 2 heteroatoms. The molecule has 264 valence electrons. The van der Waals surface area contributed by atoms with E-state index in [4.69, 9.17) is 0 Å². The monoisotopic (exact) mass is 699 g/mol. The summed E-state index contributed by atoms with van der Waals surface area (Å²) in [5, 5.41) is 22.2. The van der Waals surface area contributed by atoms with Crippen LogP contribution in [-0.2, 0) is 10.8 Å². The van der Waals surface area contributed by atoms with Gasteiger partial charge < -0.3 is 10.0 Å². The number of benzene rings is 9. The fraction of sp³-hybridized carbons (Fsp3) is 0.154. The normalized spacial score (nSPS) is 12.3. The largest absolute Gasteiger partial charge is 0.508 e. The quantitative estimate of drug-likeness (QED) is 0.146. The summed E-state index contributed by atoms with van der Waals surface area (Å²) in [6.07, 6.45) is 0. The first kappa shape index (κ1) is 33.7. The first-order chi connectivity index (χ1) is 26.0. The molecule has 9 aromatic rings. The Hall–Kier alpha value is -6.12. The molecule has 0 saturated carbocycles. The maximum Gasteiger partial charge on any atom is 0.116 e. The van der Waals surface area contributed by atoms with E-state index in [1.165, 1.54) is 65.6 Å². The summed E-state index contributed by atoms with van der Waals surface area (Å²) in [4.78, 5) is 2.46. The van der Waals surface area contributed by atoms with Crippen molar-refractivity contribution in [2.24, 2.45) is 0 Å². The van der Waals surface area contributed by atoms with E-state index in [1.54, 1.807) is 6.07 Å². The van der Waals surface area contributed by atoms with Crippen LogP contribution in [0.15, 0.2) is 158 Å². The lowest BCUT2D eigenvalue weighted by molar-refractivity contribution is 0.476. The van der Waals surface area contributed by atoms with Gasteiger partial charge in [-0.05, 0) is 119 Å². The molecule has 0 fully saturated rings. The minimum Gasteiger partial charge on any atom is -0.508 e. The number of hydrogen-bond acceptors (Lipinski definition) is 2. The van der Waals surface area contributed by atoms with Gasteiger partial charge in [0.05, 0.1) is 5.69 Å². The van der Waals surface area contributed by atoms with Crippen molar-refractivity contribution in [2.75, 3.05) is 4.90 Å². The van der Waals surface area contributed by atoms with Crippen molar-refractivity contribution < 1.29 is 5.11 Å². The second-order valence-electron chi connectivity index (χ2n) is 16.8. The van der Waals surface area contributed by atoms with Gasteiger partial charge in [0.2, 0.25) is 0 Å². The maximum atomic E-state index is 10.4. The Morgan fingerprint density at radius 3 is 1.22 bits per heavy atom. The summed E-state index contributed by atoms with van der Waals surface area (Å²) in [6, 6.07) is 57.4. The molecule has 2 nitrogen and oxygen atoms in total. The van der Waals surface area contributed by atoms with Crippen molar-refractivity contribution in [3.63, 3.8) is 0 Å². The molecule has 0 aliphatic rings. The van der Waals surface area contributed by atoms with Gasteiger partial charge in [-0.1, -0.05) is 157 Å². The highest BCUT2D eigenvalue weighted by Crippen LogP contribution is 2.49. The molecular formula is C52H45NO. The maximum absolute atomic E-state index is 10.4. The molecule has 1 N–H and O–H groups in total. The molecule has 0 spiro atoms. The Bertz CT molecular complexity index is 2750. The van der Waals surface area contributed by atoms with Crippen LogP contribution in [0.5, 0.6) is 5.75 Å². The van der Waals surface area contributed by atoms with Crippen molar-refractivity contribution in [2.45, 2.75) is 52.4 Å². The van der Waals surface area contributed by atoms with Gasteiger partial charge in [-0.3, -0.25) is 0 Å². The lowest BCUT2D eigenvalue weighted by Gasteiger charge is -2.31. The highest BCUT2D eigenvalue weighted by atomic mass is 16.3. The van der Waals surface area contributed by atoms with Gasteiger partial charge in [-0.25, -0.2) is 0 Å². The summed E-state index contributed by atoms with van der Waals surface area (Å²) in [5.74, 6) is 0.283. The van der Waals surface area contributed by atoms with E-state index in [9.17, 15) is 5.11 Å². The molecule has 0 unspecified atom stereocenters. The summed E-state index contributed by atoms with van der Waals surface area (Å²) >= 11 is 0. The summed E-state index contributed by atoms with van der Waals surface area (Å²) in [6.45, 7) is 13.6. The molecule has 0 heterocycles. The summed E-state index contributed by atoms with van der Waals surface area (Å²) in [5.41, 5.74) is 8.58. The number of rotatable bonds is 4. The van der Waals surface area contributed by atoms with Crippen LogP contribution >= 0.6 is 0 Å². The zero-order valence-electron chi connectivity index (χ0n) is 31.9. The number of fused-ring (bicyclic) bond motifs is 8. The second kappa shape index (κ2) is 12.5. The number of phenolic OH excluding ortho intramolecular Hbond substituents is 1. The molecule has 0 atom stereocenters. The zero-order chi connectivity index (χ0) is 37.4. The minimum atomic E-state index is 0.0536. The molecular weight excluding hydrogens is 655 g/mol.